The zero-order chi connectivity index (χ0) is 16.9. The van der Waals surface area contributed by atoms with Crippen LogP contribution in [-0.4, -0.2) is 30.6 Å². The summed E-state index contributed by atoms with van der Waals surface area (Å²) in [6.45, 7) is 3.40. The second-order valence-corrected chi connectivity index (χ2v) is 7.64. The summed E-state index contributed by atoms with van der Waals surface area (Å²) in [7, 11) is 2.22. The fourth-order valence-electron chi connectivity index (χ4n) is 3.61. The summed E-state index contributed by atoms with van der Waals surface area (Å²) in [6, 6.07) is 19.5. The predicted octanol–water partition coefficient (Wildman–Crippen LogP) is 5.43. The summed E-state index contributed by atoms with van der Waals surface area (Å²) in [5, 5.41) is 0. The maximum Gasteiger partial charge on any atom is 0.108 e. The van der Waals surface area contributed by atoms with Crippen LogP contribution < -0.4 is 0 Å². The Morgan fingerprint density at radius 2 is 1.67 bits per heavy atom. The van der Waals surface area contributed by atoms with E-state index in [1.165, 1.54) is 36.9 Å². The van der Waals surface area contributed by atoms with E-state index in [4.69, 9.17) is 4.74 Å². The molecule has 0 aromatic heterocycles. The molecule has 2 nitrogen and oxygen atoms in total. The van der Waals surface area contributed by atoms with Gasteiger partial charge in [-0.3, -0.25) is 0 Å². The van der Waals surface area contributed by atoms with E-state index >= 15 is 0 Å². The molecule has 0 saturated carbocycles. The minimum absolute atomic E-state index is 0.0235. The zero-order valence-electron chi connectivity index (χ0n) is 14.5. The standard InChI is InChI=1S/C21H26BrNO/c1-16(20-10-6-7-15-23(20)2)24-21(17-8-4-3-5-9-17)18-11-13-19(22)14-12-18/h3-5,8-9,11-14,16,20-21H,6-7,10,15H2,1-2H3. The van der Waals surface area contributed by atoms with E-state index in [0.717, 1.165) is 4.47 Å². The van der Waals surface area contributed by atoms with E-state index < -0.39 is 0 Å². The van der Waals surface area contributed by atoms with E-state index in [1.54, 1.807) is 0 Å². The molecule has 3 heteroatoms. The SMILES string of the molecule is CC(OC(c1ccccc1)c1ccc(Br)cc1)C1CCCCN1C. The molecular weight excluding hydrogens is 362 g/mol. The quantitative estimate of drug-likeness (QED) is 0.678. The van der Waals surface area contributed by atoms with Gasteiger partial charge in [0.05, 0.1) is 6.10 Å². The van der Waals surface area contributed by atoms with E-state index in [-0.39, 0.29) is 12.2 Å². The van der Waals surface area contributed by atoms with Crippen molar-refractivity contribution in [3.63, 3.8) is 0 Å². The van der Waals surface area contributed by atoms with Gasteiger partial charge in [-0.25, -0.2) is 0 Å². The average molecular weight is 388 g/mol. The summed E-state index contributed by atoms with van der Waals surface area (Å²) in [5.41, 5.74) is 2.42. The lowest BCUT2D eigenvalue weighted by atomic mass is 9.97. The molecular formula is C21H26BrNO. The molecule has 0 radical (unpaired) electrons. The van der Waals surface area contributed by atoms with Crippen LogP contribution >= 0.6 is 15.9 Å². The number of hydrogen-bond donors (Lipinski definition) is 0. The number of ether oxygens (including phenoxy) is 1. The van der Waals surface area contributed by atoms with Gasteiger partial charge in [0.1, 0.15) is 6.10 Å². The molecule has 1 aliphatic rings. The Labute approximate surface area is 154 Å². The van der Waals surface area contributed by atoms with Crippen LogP contribution in [0.2, 0.25) is 0 Å². The number of rotatable bonds is 5. The number of likely N-dealkylation sites (tertiary alicyclic amines) is 1. The Balaban J connectivity index is 1.83. The second-order valence-electron chi connectivity index (χ2n) is 6.73. The molecule has 3 unspecified atom stereocenters. The maximum absolute atomic E-state index is 6.62. The first-order valence-corrected chi connectivity index (χ1v) is 9.60. The van der Waals surface area contributed by atoms with Crippen molar-refractivity contribution in [1.82, 2.24) is 4.90 Å². The summed E-state index contributed by atoms with van der Waals surface area (Å²) in [5.74, 6) is 0. The first-order chi connectivity index (χ1) is 11.6. The molecule has 0 amide bonds. The number of halogens is 1. The summed E-state index contributed by atoms with van der Waals surface area (Å²) < 4.78 is 7.71. The number of likely N-dealkylation sites (N-methyl/N-ethyl adjacent to an activating group) is 1. The van der Waals surface area contributed by atoms with Crippen LogP contribution in [0.15, 0.2) is 59.1 Å². The summed E-state index contributed by atoms with van der Waals surface area (Å²) in [6.07, 6.45) is 4.00. The Bertz CT molecular complexity index is 628. The molecule has 1 heterocycles. The topological polar surface area (TPSA) is 12.5 Å². The molecule has 1 fully saturated rings. The number of hydrogen-bond acceptors (Lipinski definition) is 2. The van der Waals surface area contributed by atoms with E-state index in [2.05, 4.69) is 89.4 Å². The Morgan fingerprint density at radius 1 is 1.00 bits per heavy atom. The summed E-state index contributed by atoms with van der Waals surface area (Å²) in [4.78, 5) is 2.46. The molecule has 0 spiro atoms. The lowest BCUT2D eigenvalue weighted by Gasteiger charge is -2.38. The monoisotopic (exact) mass is 387 g/mol. The smallest absolute Gasteiger partial charge is 0.108 e. The van der Waals surface area contributed by atoms with Crippen molar-refractivity contribution < 1.29 is 4.74 Å². The van der Waals surface area contributed by atoms with Gasteiger partial charge in [0.15, 0.2) is 0 Å². The van der Waals surface area contributed by atoms with Crippen molar-refractivity contribution in [2.75, 3.05) is 13.6 Å². The van der Waals surface area contributed by atoms with Gasteiger partial charge >= 0.3 is 0 Å². The Morgan fingerprint density at radius 3 is 2.33 bits per heavy atom. The highest BCUT2D eigenvalue weighted by molar-refractivity contribution is 9.10. The van der Waals surface area contributed by atoms with Crippen molar-refractivity contribution in [1.29, 1.82) is 0 Å². The molecule has 128 valence electrons. The molecule has 3 atom stereocenters. The number of nitrogens with zero attached hydrogens (tertiary/aromatic N) is 1. The van der Waals surface area contributed by atoms with Crippen LogP contribution in [0.1, 0.15) is 43.4 Å². The van der Waals surface area contributed by atoms with Gasteiger partial charge in [-0.05, 0) is 56.6 Å². The van der Waals surface area contributed by atoms with Gasteiger partial charge in [0, 0.05) is 10.5 Å². The predicted molar refractivity (Wildman–Crippen MR) is 103 cm³/mol. The van der Waals surface area contributed by atoms with Crippen molar-refractivity contribution in [2.24, 2.45) is 0 Å². The van der Waals surface area contributed by atoms with E-state index in [1.807, 2.05) is 0 Å². The van der Waals surface area contributed by atoms with Crippen LogP contribution in [0.4, 0.5) is 0 Å². The second kappa shape index (κ2) is 8.28. The average Bonchev–Trinajstić information content (AvgIpc) is 2.61. The van der Waals surface area contributed by atoms with Crippen molar-refractivity contribution in [3.8, 4) is 0 Å². The molecule has 0 aliphatic carbocycles. The highest BCUT2D eigenvalue weighted by Gasteiger charge is 2.28. The van der Waals surface area contributed by atoms with Crippen molar-refractivity contribution in [2.45, 2.75) is 44.4 Å². The maximum atomic E-state index is 6.62. The first kappa shape index (κ1) is 17.7. The third-order valence-electron chi connectivity index (χ3n) is 4.99. The van der Waals surface area contributed by atoms with Crippen LogP contribution in [-0.2, 0) is 4.74 Å². The number of benzene rings is 2. The zero-order valence-corrected chi connectivity index (χ0v) is 16.1. The van der Waals surface area contributed by atoms with E-state index in [0.29, 0.717) is 6.04 Å². The van der Waals surface area contributed by atoms with Crippen molar-refractivity contribution >= 4 is 15.9 Å². The van der Waals surface area contributed by atoms with Gasteiger partial charge in [0.25, 0.3) is 0 Å². The normalized spacial score (nSPS) is 21.4. The molecule has 2 aromatic carbocycles. The molecule has 2 aromatic rings. The lowest BCUT2D eigenvalue weighted by molar-refractivity contribution is -0.0397. The minimum atomic E-state index is -0.0235. The fourth-order valence-corrected chi connectivity index (χ4v) is 3.88. The van der Waals surface area contributed by atoms with Crippen LogP contribution in [0.3, 0.4) is 0 Å². The van der Waals surface area contributed by atoms with Crippen molar-refractivity contribution in [3.05, 3.63) is 70.2 Å². The molecule has 0 bridgehead atoms. The Kier molecular flexibility index (Phi) is 6.09. The number of piperidine rings is 1. The lowest BCUT2D eigenvalue weighted by Crippen LogP contribution is -2.44. The molecule has 24 heavy (non-hydrogen) atoms. The van der Waals surface area contributed by atoms with Crippen LogP contribution in [0.5, 0.6) is 0 Å². The van der Waals surface area contributed by atoms with Crippen LogP contribution in [0, 0.1) is 0 Å². The highest BCUT2D eigenvalue weighted by Crippen LogP contribution is 2.31. The first-order valence-electron chi connectivity index (χ1n) is 8.81. The third kappa shape index (κ3) is 4.27. The third-order valence-corrected chi connectivity index (χ3v) is 5.52. The molecule has 3 rings (SSSR count). The van der Waals surface area contributed by atoms with Gasteiger partial charge in [0.2, 0.25) is 0 Å². The van der Waals surface area contributed by atoms with Gasteiger partial charge in [-0.2, -0.15) is 0 Å². The largest absolute Gasteiger partial charge is 0.364 e. The van der Waals surface area contributed by atoms with E-state index in [9.17, 15) is 0 Å². The minimum Gasteiger partial charge on any atom is -0.364 e. The molecule has 0 N–H and O–H groups in total. The molecule has 1 aliphatic heterocycles. The van der Waals surface area contributed by atoms with Gasteiger partial charge in [-0.1, -0.05) is 64.8 Å². The highest BCUT2D eigenvalue weighted by atomic mass is 79.9. The van der Waals surface area contributed by atoms with Gasteiger partial charge in [-0.15, -0.1) is 0 Å². The summed E-state index contributed by atoms with van der Waals surface area (Å²) >= 11 is 3.52. The van der Waals surface area contributed by atoms with Gasteiger partial charge < -0.3 is 9.64 Å². The Hall–Kier alpha value is -1.16. The molecule has 1 saturated heterocycles. The van der Waals surface area contributed by atoms with Crippen LogP contribution in [0.25, 0.3) is 0 Å². The fraction of sp³-hybridized carbons (Fsp3) is 0.429.